The van der Waals surface area contributed by atoms with Crippen molar-refractivity contribution in [1.29, 1.82) is 5.26 Å². The van der Waals surface area contributed by atoms with Crippen LogP contribution in [0.3, 0.4) is 0 Å². The van der Waals surface area contributed by atoms with Crippen LogP contribution in [0.25, 0.3) is 6.08 Å². The van der Waals surface area contributed by atoms with E-state index in [0.29, 0.717) is 11.6 Å². The number of nitriles is 1. The maximum absolute atomic E-state index is 11.6. The van der Waals surface area contributed by atoms with Crippen LogP contribution in [0.5, 0.6) is 0 Å². The standard InChI is InChI=1S/C15H16N2O/c16-11-13-7-5-12(6-8-13)9-10-15(18)17-14-3-1-2-4-14/h5-10,14H,1-4H2,(H,17,18). The molecule has 0 atom stereocenters. The lowest BCUT2D eigenvalue weighted by Gasteiger charge is -2.08. The van der Waals surface area contributed by atoms with Crippen LogP contribution in [-0.2, 0) is 4.79 Å². The zero-order valence-electron chi connectivity index (χ0n) is 10.2. The molecule has 1 amide bonds. The van der Waals surface area contributed by atoms with E-state index >= 15 is 0 Å². The summed E-state index contributed by atoms with van der Waals surface area (Å²) in [4.78, 5) is 11.6. The minimum Gasteiger partial charge on any atom is -0.350 e. The molecule has 0 saturated heterocycles. The van der Waals surface area contributed by atoms with Crippen molar-refractivity contribution in [2.75, 3.05) is 0 Å². The molecule has 1 aliphatic carbocycles. The van der Waals surface area contributed by atoms with Crippen molar-refractivity contribution in [3.8, 4) is 6.07 Å². The number of hydrogen-bond donors (Lipinski definition) is 1. The van der Waals surface area contributed by atoms with Crippen molar-refractivity contribution in [2.45, 2.75) is 31.7 Å². The van der Waals surface area contributed by atoms with Crippen molar-refractivity contribution in [3.63, 3.8) is 0 Å². The Morgan fingerprint density at radius 1 is 1.28 bits per heavy atom. The number of nitrogens with one attached hydrogen (secondary N) is 1. The van der Waals surface area contributed by atoms with Crippen LogP contribution in [0, 0.1) is 11.3 Å². The van der Waals surface area contributed by atoms with Gasteiger partial charge in [0.25, 0.3) is 0 Å². The molecule has 0 spiro atoms. The van der Waals surface area contributed by atoms with Crippen LogP contribution >= 0.6 is 0 Å². The third kappa shape index (κ3) is 3.46. The van der Waals surface area contributed by atoms with Gasteiger partial charge in [0.15, 0.2) is 0 Å². The molecule has 1 fully saturated rings. The molecule has 0 radical (unpaired) electrons. The lowest BCUT2D eigenvalue weighted by atomic mass is 10.1. The van der Waals surface area contributed by atoms with Crippen LogP contribution in [0.15, 0.2) is 30.3 Å². The Morgan fingerprint density at radius 3 is 2.56 bits per heavy atom. The summed E-state index contributed by atoms with van der Waals surface area (Å²) in [6.45, 7) is 0. The minimum atomic E-state index is -0.0359. The van der Waals surface area contributed by atoms with E-state index in [1.807, 2.05) is 12.1 Å². The molecule has 1 aromatic carbocycles. The van der Waals surface area contributed by atoms with Gasteiger partial charge in [-0.2, -0.15) is 5.26 Å². The van der Waals surface area contributed by atoms with Gasteiger partial charge in [0.05, 0.1) is 11.6 Å². The topological polar surface area (TPSA) is 52.9 Å². The molecule has 3 heteroatoms. The number of nitrogens with zero attached hydrogens (tertiary/aromatic N) is 1. The van der Waals surface area contributed by atoms with Crippen LogP contribution in [0.1, 0.15) is 36.8 Å². The van der Waals surface area contributed by atoms with E-state index in [9.17, 15) is 4.79 Å². The Kier molecular flexibility index (Phi) is 4.14. The zero-order chi connectivity index (χ0) is 12.8. The maximum atomic E-state index is 11.6. The molecule has 0 unspecified atom stereocenters. The third-order valence-electron chi connectivity index (χ3n) is 3.17. The van der Waals surface area contributed by atoms with Gasteiger partial charge in [-0.05, 0) is 36.6 Å². The van der Waals surface area contributed by atoms with Gasteiger partial charge in [-0.3, -0.25) is 4.79 Å². The predicted octanol–water partition coefficient (Wildman–Crippen LogP) is 2.63. The average molecular weight is 240 g/mol. The first kappa shape index (κ1) is 12.4. The van der Waals surface area contributed by atoms with E-state index in [1.54, 1.807) is 24.3 Å². The largest absolute Gasteiger partial charge is 0.350 e. The molecule has 1 aromatic rings. The highest BCUT2D eigenvalue weighted by molar-refractivity contribution is 5.91. The van der Waals surface area contributed by atoms with E-state index in [-0.39, 0.29) is 5.91 Å². The molecule has 18 heavy (non-hydrogen) atoms. The first-order valence-electron chi connectivity index (χ1n) is 6.26. The summed E-state index contributed by atoms with van der Waals surface area (Å²) >= 11 is 0. The zero-order valence-corrected chi connectivity index (χ0v) is 10.2. The van der Waals surface area contributed by atoms with Crippen molar-refractivity contribution in [2.24, 2.45) is 0 Å². The molecule has 0 aliphatic heterocycles. The van der Waals surface area contributed by atoms with E-state index < -0.39 is 0 Å². The van der Waals surface area contributed by atoms with E-state index in [0.717, 1.165) is 18.4 Å². The first-order chi connectivity index (χ1) is 8.78. The molecular formula is C15H16N2O. The van der Waals surface area contributed by atoms with Gasteiger partial charge >= 0.3 is 0 Å². The Labute approximate surface area is 107 Å². The summed E-state index contributed by atoms with van der Waals surface area (Å²) in [6.07, 6.45) is 7.94. The van der Waals surface area contributed by atoms with Crippen LogP contribution in [0.2, 0.25) is 0 Å². The highest BCUT2D eigenvalue weighted by atomic mass is 16.1. The smallest absolute Gasteiger partial charge is 0.244 e. The Bertz CT molecular complexity index is 476. The highest BCUT2D eigenvalue weighted by Gasteiger charge is 2.15. The monoisotopic (exact) mass is 240 g/mol. The summed E-state index contributed by atoms with van der Waals surface area (Å²) in [6, 6.07) is 9.57. The van der Waals surface area contributed by atoms with Gasteiger partial charge in [-0.15, -0.1) is 0 Å². The summed E-state index contributed by atoms with van der Waals surface area (Å²) < 4.78 is 0. The van der Waals surface area contributed by atoms with Crippen LogP contribution < -0.4 is 5.32 Å². The fourth-order valence-electron chi connectivity index (χ4n) is 2.16. The van der Waals surface area contributed by atoms with E-state index in [1.165, 1.54) is 12.8 Å². The molecule has 0 heterocycles. The number of carbonyl (C=O) groups excluding carboxylic acids is 1. The SMILES string of the molecule is N#Cc1ccc(C=CC(=O)NC2CCCC2)cc1. The van der Waals surface area contributed by atoms with Crippen molar-refractivity contribution >= 4 is 12.0 Å². The summed E-state index contributed by atoms with van der Waals surface area (Å²) in [5.74, 6) is -0.0359. The number of amides is 1. The van der Waals surface area contributed by atoms with Crippen LogP contribution in [0.4, 0.5) is 0 Å². The molecule has 3 nitrogen and oxygen atoms in total. The second-order valence-electron chi connectivity index (χ2n) is 4.56. The molecule has 1 aliphatic rings. The second kappa shape index (κ2) is 6.02. The van der Waals surface area contributed by atoms with E-state index in [4.69, 9.17) is 5.26 Å². The fourth-order valence-corrected chi connectivity index (χ4v) is 2.16. The van der Waals surface area contributed by atoms with Gasteiger partial charge < -0.3 is 5.32 Å². The van der Waals surface area contributed by atoms with Gasteiger partial charge in [0.1, 0.15) is 0 Å². The molecule has 1 saturated carbocycles. The molecular weight excluding hydrogens is 224 g/mol. The summed E-state index contributed by atoms with van der Waals surface area (Å²) in [5, 5.41) is 11.7. The van der Waals surface area contributed by atoms with Crippen molar-refractivity contribution in [1.82, 2.24) is 5.32 Å². The fraction of sp³-hybridized carbons (Fsp3) is 0.333. The van der Waals surface area contributed by atoms with Gasteiger partial charge in [0.2, 0.25) is 5.91 Å². The summed E-state index contributed by atoms with van der Waals surface area (Å²) in [5.41, 5.74) is 1.55. The maximum Gasteiger partial charge on any atom is 0.244 e. The van der Waals surface area contributed by atoms with Crippen molar-refractivity contribution < 1.29 is 4.79 Å². The third-order valence-corrected chi connectivity index (χ3v) is 3.17. The molecule has 1 N–H and O–H groups in total. The number of rotatable bonds is 3. The average Bonchev–Trinajstić information content (AvgIpc) is 2.90. The normalized spacial score (nSPS) is 15.7. The van der Waals surface area contributed by atoms with Crippen molar-refractivity contribution in [3.05, 3.63) is 41.5 Å². The second-order valence-corrected chi connectivity index (χ2v) is 4.56. The summed E-state index contributed by atoms with van der Waals surface area (Å²) in [7, 11) is 0. The quantitative estimate of drug-likeness (QED) is 0.826. The van der Waals surface area contributed by atoms with Gasteiger partial charge in [-0.25, -0.2) is 0 Å². The molecule has 0 bridgehead atoms. The van der Waals surface area contributed by atoms with E-state index in [2.05, 4.69) is 11.4 Å². The lowest BCUT2D eigenvalue weighted by molar-refractivity contribution is -0.117. The number of carbonyl (C=O) groups is 1. The number of benzene rings is 1. The van der Waals surface area contributed by atoms with Gasteiger partial charge in [0, 0.05) is 12.1 Å². The highest BCUT2D eigenvalue weighted by Crippen LogP contribution is 2.17. The Hall–Kier alpha value is -2.08. The molecule has 2 rings (SSSR count). The van der Waals surface area contributed by atoms with Crippen LogP contribution in [-0.4, -0.2) is 11.9 Å². The minimum absolute atomic E-state index is 0.0359. The first-order valence-corrected chi connectivity index (χ1v) is 6.26. The Balaban J connectivity index is 1.89. The Morgan fingerprint density at radius 2 is 1.94 bits per heavy atom. The van der Waals surface area contributed by atoms with Gasteiger partial charge in [-0.1, -0.05) is 25.0 Å². The number of hydrogen-bond acceptors (Lipinski definition) is 2. The molecule has 0 aromatic heterocycles. The molecule has 92 valence electrons. The predicted molar refractivity (Wildman–Crippen MR) is 70.6 cm³/mol. The lowest BCUT2D eigenvalue weighted by Crippen LogP contribution is -2.30.